The number of hydrogen-bond donors (Lipinski definition) is 1. The molecule has 0 aliphatic carbocycles. The van der Waals surface area contributed by atoms with Crippen LogP contribution in [0.4, 0.5) is 0 Å². The van der Waals surface area contributed by atoms with Crippen molar-refractivity contribution < 1.29 is 0 Å². The van der Waals surface area contributed by atoms with E-state index in [1.165, 1.54) is 17.7 Å². The van der Waals surface area contributed by atoms with Gasteiger partial charge >= 0.3 is 0 Å². The lowest BCUT2D eigenvalue weighted by Gasteiger charge is -2.15. The highest BCUT2D eigenvalue weighted by molar-refractivity contribution is 7.98. The molecule has 1 heterocycles. The number of rotatable bonds is 6. The van der Waals surface area contributed by atoms with Crippen molar-refractivity contribution in [3.05, 3.63) is 29.6 Å². The van der Waals surface area contributed by atoms with Gasteiger partial charge in [-0.25, -0.2) is 0 Å². The van der Waals surface area contributed by atoms with E-state index >= 15 is 0 Å². The average Bonchev–Trinajstić information content (AvgIpc) is 2.26. The van der Waals surface area contributed by atoms with E-state index in [-0.39, 0.29) is 0 Å². The van der Waals surface area contributed by atoms with Crippen molar-refractivity contribution in [2.45, 2.75) is 32.9 Å². The summed E-state index contributed by atoms with van der Waals surface area (Å²) in [5.41, 5.74) is 2.34. The van der Waals surface area contributed by atoms with Crippen LogP contribution >= 0.6 is 11.8 Å². The third-order valence-corrected chi connectivity index (χ3v) is 3.16. The molecule has 84 valence electrons. The summed E-state index contributed by atoms with van der Waals surface area (Å²) < 4.78 is 0. The fourth-order valence-corrected chi connectivity index (χ4v) is 2.14. The van der Waals surface area contributed by atoms with Crippen LogP contribution < -0.4 is 5.32 Å². The summed E-state index contributed by atoms with van der Waals surface area (Å²) in [4.78, 5) is 4.28. The molecular formula is C12H20N2S. The quantitative estimate of drug-likeness (QED) is 0.804. The summed E-state index contributed by atoms with van der Waals surface area (Å²) >= 11 is 1.89. The van der Waals surface area contributed by atoms with Gasteiger partial charge in [0, 0.05) is 30.2 Å². The first-order valence-electron chi connectivity index (χ1n) is 5.40. The number of nitrogens with one attached hydrogen (secondary N) is 1. The Bertz CT molecular complexity index is 271. The second kappa shape index (κ2) is 6.85. The van der Waals surface area contributed by atoms with E-state index in [2.05, 4.69) is 35.6 Å². The highest BCUT2D eigenvalue weighted by atomic mass is 32.2. The molecule has 15 heavy (non-hydrogen) atoms. The number of aromatic nitrogens is 1. The smallest absolute Gasteiger partial charge is 0.0372 e. The highest BCUT2D eigenvalue weighted by Gasteiger charge is 2.04. The van der Waals surface area contributed by atoms with Crippen molar-refractivity contribution >= 4 is 11.8 Å². The summed E-state index contributed by atoms with van der Waals surface area (Å²) in [6, 6.07) is 4.81. The molecule has 3 heteroatoms. The molecule has 1 N–H and O–H groups in total. The van der Waals surface area contributed by atoms with Crippen molar-refractivity contribution in [1.82, 2.24) is 10.3 Å². The molecule has 0 amide bonds. The van der Waals surface area contributed by atoms with Gasteiger partial charge in [0.15, 0.2) is 0 Å². The van der Waals surface area contributed by atoms with Gasteiger partial charge in [-0.2, -0.15) is 11.8 Å². The summed E-state index contributed by atoms with van der Waals surface area (Å²) in [5, 5.41) is 3.55. The van der Waals surface area contributed by atoms with Crippen LogP contribution in [0.3, 0.4) is 0 Å². The Morgan fingerprint density at radius 1 is 1.47 bits per heavy atom. The van der Waals surface area contributed by atoms with Crippen LogP contribution in [0.2, 0.25) is 0 Å². The SMILES string of the molecule is CCC(CSC)NCc1ccc(C)nc1. The molecular weight excluding hydrogens is 204 g/mol. The Labute approximate surface area is 96.9 Å². The Morgan fingerprint density at radius 2 is 2.27 bits per heavy atom. The van der Waals surface area contributed by atoms with Crippen LogP contribution in [0.5, 0.6) is 0 Å². The minimum absolute atomic E-state index is 0.612. The molecule has 0 saturated heterocycles. The molecule has 0 aliphatic heterocycles. The van der Waals surface area contributed by atoms with Crippen molar-refractivity contribution in [1.29, 1.82) is 0 Å². The standard InChI is InChI=1S/C12H20N2S/c1-4-12(9-15-3)14-8-11-6-5-10(2)13-7-11/h5-7,12,14H,4,8-9H2,1-3H3. The van der Waals surface area contributed by atoms with Gasteiger partial charge in [-0.1, -0.05) is 13.0 Å². The van der Waals surface area contributed by atoms with E-state index in [9.17, 15) is 0 Å². The van der Waals surface area contributed by atoms with E-state index in [4.69, 9.17) is 0 Å². The maximum Gasteiger partial charge on any atom is 0.0372 e. The van der Waals surface area contributed by atoms with Gasteiger partial charge in [0.2, 0.25) is 0 Å². The molecule has 0 aliphatic rings. The van der Waals surface area contributed by atoms with E-state index in [0.717, 1.165) is 12.2 Å². The van der Waals surface area contributed by atoms with Crippen LogP contribution in [0.1, 0.15) is 24.6 Å². The minimum Gasteiger partial charge on any atom is -0.309 e. The maximum atomic E-state index is 4.28. The zero-order chi connectivity index (χ0) is 11.1. The van der Waals surface area contributed by atoms with Crippen LogP contribution in [0.15, 0.2) is 18.3 Å². The Hall–Kier alpha value is -0.540. The van der Waals surface area contributed by atoms with Gasteiger partial charge in [-0.15, -0.1) is 0 Å². The van der Waals surface area contributed by atoms with Crippen molar-refractivity contribution in [2.75, 3.05) is 12.0 Å². The van der Waals surface area contributed by atoms with E-state index in [1.54, 1.807) is 0 Å². The molecule has 1 unspecified atom stereocenters. The fourth-order valence-electron chi connectivity index (χ4n) is 1.39. The molecule has 0 spiro atoms. The third-order valence-electron chi connectivity index (χ3n) is 2.43. The van der Waals surface area contributed by atoms with Gasteiger partial charge in [-0.3, -0.25) is 4.98 Å². The van der Waals surface area contributed by atoms with Crippen LogP contribution in [-0.4, -0.2) is 23.0 Å². The highest BCUT2D eigenvalue weighted by Crippen LogP contribution is 2.04. The lowest BCUT2D eigenvalue weighted by Crippen LogP contribution is -2.30. The van der Waals surface area contributed by atoms with Crippen LogP contribution in [-0.2, 0) is 6.54 Å². The lowest BCUT2D eigenvalue weighted by molar-refractivity contribution is 0.540. The zero-order valence-electron chi connectivity index (χ0n) is 9.79. The molecule has 2 nitrogen and oxygen atoms in total. The van der Waals surface area contributed by atoms with Gasteiger partial charge in [0.05, 0.1) is 0 Å². The average molecular weight is 224 g/mol. The molecule has 0 bridgehead atoms. The number of thioether (sulfide) groups is 1. The fraction of sp³-hybridized carbons (Fsp3) is 0.583. The van der Waals surface area contributed by atoms with Crippen molar-refractivity contribution in [3.8, 4) is 0 Å². The Morgan fingerprint density at radius 3 is 2.80 bits per heavy atom. The largest absolute Gasteiger partial charge is 0.309 e. The molecule has 1 rings (SSSR count). The van der Waals surface area contributed by atoms with E-state index in [0.29, 0.717) is 6.04 Å². The molecule has 1 aromatic heterocycles. The van der Waals surface area contributed by atoms with Crippen LogP contribution in [0, 0.1) is 6.92 Å². The topological polar surface area (TPSA) is 24.9 Å². The number of aryl methyl sites for hydroxylation is 1. The maximum absolute atomic E-state index is 4.28. The summed E-state index contributed by atoms with van der Waals surface area (Å²) in [6.45, 7) is 5.16. The first-order valence-corrected chi connectivity index (χ1v) is 6.79. The van der Waals surface area contributed by atoms with Crippen molar-refractivity contribution in [3.63, 3.8) is 0 Å². The lowest BCUT2D eigenvalue weighted by atomic mass is 10.2. The molecule has 0 saturated carbocycles. The minimum atomic E-state index is 0.612. The second-order valence-corrected chi connectivity index (χ2v) is 4.66. The Kier molecular flexibility index (Phi) is 5.73. The van der Waals surface area contributed by atoms with E-state index < -0.39 is 0 Å². The monoisotopic (exact) mass is 224 g/mol. The normalized spacial score (nSPS) is 12.7. The van der Waals surface area contributed by atoms with E-state index in [1.807, 2.05) is 24.9 Å². The second-order valence-electron chi connectivity index (χ2n) is 3.75. The predicted molar refractivity (Wildman–Crippen MR) is 68.3 cm³/mol. The zero-order valence-corrected chi connectivity index (χ0v) is 10.6. The van der Waals surface area contributed by atoms with Crippen molar-refractivity contribution in [2.24, 2.45) is 0 Å². The first-order chi connectivity index (χ1) is 7.26. The third kappa shape index (κ3) is 4.67. The van der Waals surface area contributed by atoms with Gasteiger partial charge in [0.25, 0.3) is 0 Å². The number of hydrogen-bond acceptors (Lipinski definition) is 3. The number of pyridine rings is 1. The van der Waals surface area contributed by atoms with Gasteiger partial charge in [0.1, 0.15) is 0 Å². The summed E-state index contributed by atoms with van der Waals surface area (Å²) in [7, 11) is 0. The summed E-state index contributed by atoms with van der Waals surface area (Å²) in [6.07, 6.45) is 5.28. The molecule has 0 aromatic carbocycles. The number of nitrogens with zero attached hydrogens (tertiary/aromatic N) is 1. The molecule has 1 atom stereocenters. The molecule has 1 aromatic rings. The van der Waals surface area contributed by atoms with Gasteiger partial charge < -0.3 is 5.32 Å². The van der Waals surface area contributed by atoms with Gasteiger partial charge in [-0.05, 0) is 31.2 Å². The molecule has 0 fully saturated rings. The first kappa shape index (κ1) is 12.5. The predicted octanol–water partition coefficient (Wildman–Crippen LogP) is 2.62. The Balaban J connectivity index is 2.38. The van der Waals surface area contributed by atoms with Crippen LogP contribution in [0.25, 0.3) is 0 Å². The molecule has 0 radical (unpaired) electrons. The summed E-state index contributed by atoms with van der Waals surface area (Å²) in [5.74, 6) is 1.18.